The zero-order valence-electron chi connectivity index (χ0n) is 53.3. The first kappa shape index (κ1) is 76.9. The van der Waals surface area contributed by atoms with Crippen LogP contribution in [0.1, 0.15) is 361 Å². The van der Waals surface area contributed by atoms with Gasteiger partial charge in [0.15, 0.2) is 6.10 Å². The molecule has 6 nitrogen and oxygen atoms in total. The van der Waals surface area contributed by atoms with Crippen molar-refractivity contribution in [2.24, 2.45) is 0 Å². The Morgan fingerprint density at radius 2 is 0.450 bits per heavy atom. The number of hydrogen-bond donors (Lipinski definition) is 0. The van der Waals surface area contributed by atoms with E-state index in [2.05, 4.69) is 93.7 Å². The van der Waals surface area contributed by atoms with Crippen LogP contribution in [0.5, 0.6) is 0 Å². The number of rotatable bonds is 64. The Kier molecular flexibility index (Phi) is 65.7. The van der Waals surface area contributed by atoms with Gasteiger partial charge in [-0.3, -0.25) is 14.4 Å². The Labute approximate surface area is 497 Å². The van der Waals surface area contributed by atoms with Gasteiger partial charge in [0.25, 0.3) is 0 Å². The van der Waals surface area contributed by atoms with Gasteiger partial charge in [-0.1, -0.05) is 299 Å². The fourth-order valence-corrected chi connectivity index (χ4v) is 10.1. The first-order valence-electron chi connectivity index (χ1n) is 34.9. The maximum absolute atomic E-state index is 12.9. The molecule has 0 aliphatic rings. The molecule has 0 rings (SSSR count). The van der Waals surface area contributed by atoms with E-state index in [1.807, 2.05) is 0 Å². The Morgan fingerprint density at radius 1 is 0.250 bits per heavy atom. The Hall–Kier alpha value is -3.15. The van der Waals surface area contributed by atoms with Crippen LogP contribution in [0.4, 0.5) is 0 Å². The van der Waals surface area contributed by atoms with Crippen molar-refractivity contribution < 1.29 is 28.6 Å². The van der Waals surface area contributed by atoms with Crippen LogP contribution < -0.4 is 0 Å². The normalized spacial score (nSPS) is 12.5. The average Bonchev–Trinajstić information content (AvgIpc) is 3.46. The molecule has 0 heterocycles. The molecule has 1 atom stereocenters. The molecule has 6 heteroatoms. The van der Waals surface area contributed by atoms with E-state index in [-0.39, 0.29) is 31.1 Å². The molecule has 1 unspecified atom stereocenters. The predicted molar refractivity (Wildman–Crippen MR) is 348 cm³/mol. The summed E-state index contributed by atoms with van der Waals surface area (Å²) in [4.78, 5) is 38.3. The summed E-state index contributed by atoms with van der Waals surface area (Å²) in [5.74, 6) is -0.878. The van der Waals surface area contributed by atoms with Gasteiger partial charge in [0.2, 0.25) is 0 Å². The number of carbonyl (C=O) groups excluding carboxylic acids is 3. The minimum atomic E-state index is -0.782. The van der Waals surface area contributed by atoms with Gasteiger partial charge < -0.3 is 14.2 Å². The Bertz CT molecular complexity index is 1470. The first-order valence-corrected chi connectivity index (χ1v) is 34.9. The molecule has 0 aromatic heterocycles. The van der Waals surface area contributed by atoms with Gasteiger partial charge in [-0.2, -0.15) is 0 Å². The van der Waals surface area contributed by atoms with Crippen LogP contribution in [0.15, 0.2) is 72.9 Å². The fourth-order valence-electron chi connectivity index (χ4n) is 10.1. The van der Waals surface area contributed by atoms with E-state index in [0.29, 0.717) is 19.3 Å². The largest absolute Gasteiger partial charge is 0.462 e. The van der Waals surface area contributed by atoms with Gasteiger partial charge in [-0.15, -0.1) is 0 Å². The molecular formula is C74H132O6. The van der Waals surface area contributed by atoms with Gasteiger partial charge in [0.05, 0.1) is 0 Å². The lowest BCUT2D eigenvalue weighted by molar-refractivity contribution is -0.167. The van der Waals surface area contributed by atoms with Crippen molar-refractivity contribution in [3.63, 3.8) is 0 Å². The number of esters is 3. The van der Waals surface area contributed by atoms with E-state index in [1.165, 1.54) is 231 Å². The smallest absolute Gasteiger partial charge is 0.306 e. The molecule has 464 valence electrons. The van der Waals surface area contributed by atoms with Crippen molar-refractivity contribution in [1.82, 2.24) is 0 Å². The summed E-state index contributed by atoms with van der Waals surface area (Å²) in [5, 5.41) is 0. The molecule has 0 radical (unpaired) electrons. The predicted octanol–water partition coefficient (Wildman–Crippen LogP) is 24.1. The van der Waals surface area contributed by atoms with E-state index in [9.17, 15) is 14.4 Å². The second-order valence-corrected chi connectivity index (χ2v) is 23.4. The van der Waals surface area contributed by atoms with Crippen LogP contribution in [0, 0.1) is 0 Å². The second-order valence-electron chi connectivity index (χ2n) is 23.4. The molecule has 0 aromatic carbocycles. The molecule has 0 amide bonds. The summed E-state index contributed by atoms with van der Waals surface area (Å²) < 4.78 is 16.9. The monoisotopic (exact) mass is 1120 g/mol. The van der Waals surface area contributed by atoms with Gasteiger partial charge in [-0.25, -0.2) is 0 Å². The number of carbonyl (C=O) groups is 3. The molecule has 0 N–H and O–H groups in total. The molecule has 0 saturated carbocycles. The maximum atomic E-state index is 12.9. The summed E-state index contributed by atoms with van der Waals surface area (Å²) >= 11 is 0. The summed E-state index contributed by atoms with van der Waals surface area (Å²) in [7, 11) is 0. The zero-order chi connectivity index (χ0) is 57.8. The number of hydrogen-bond acceptors (Lipinski definition) is 6. The van der Waals surface area contributed by atoms with Gasteiger partial charge >= 0.3 is 17.9 Å². The number of allylic oxidation sites excluding steroid dienone is 12. The molecular weight excluding hydrogens is 985 g/mol. The summed E-state index contributed by atoms with van der Waals surface area (Å²) in [6.07, 6.45) is 89.4. The highest BCUT2D eigenvalue weighted by Crippen LogP contribution is 2.17. The zero-order valence-corrected chi connectivity index (χ0v) is 53.3. The Balaban J connectivity index is 4.14. The third kappa shape index (κ3) is 65.7. The van der Waals surface area contributed by atoms with Crippen molar-refractivity contribution in [1.29, 1.82) is 0 Å². The summed E-state index contributed by atoms with van der Waals surface area (Å²) in [6, 6.07) is 0. The van der Waals surface area contributed by atoms with Gasteiger partial charge in [0, 0.05) is 19.3 Å². The van der Waals surface area contributed by atoms with E-state index >= 15 is 0 Å². The topological polar surface area (TPSA) is 78.9 Å². The quantitative estimate of drug-likeness (QED) is 0.0261. The third-order valence-corrected chi connectivity index (χ3v) is 15.4. The lowest BCUT2D eigenvalue weighted by Crippen LogP contribution is -2.30. The van der Waals surface area contributed by atoms with Crippen LogP contribution in [-0.4, -0.2) is 37.2 Å². The number of unbranched alkanes of at least 4 members (excludes halogenated alkanes) is 41. The van der Waals surface area contributed by atoms with Crippen LogP contribution in [0.3, 0.4) is 0 Å². The van der Waals surface area contributed by atoms with E-state index in [1.54, 1.807) is 0 Å². The highest BCUT2D eigenvalue weighted by molar-refractivity contribution is 5.71. The number of ether oxygens (including phenoxy) is 3. The van der Waals surface area contributed by atoms with E-state index in [0.717, 1.165) is 89.9 Å². The average molecular weight is 1120 g/mol. The van der Waals surface area contributed by atoms with Crippen molar-refractivity contribution in [3.05, 3.63) is 72.9 Å². The van der Waals surface area contributed by atoms with E-state index in [4.69, 9.17) is 14.2 Å². The molecule has 80 heavy (non-hydrogen) atoms. The second kappa shape index (κ2) is 68.3. The third-order valence-electron chi connectivity index (χ3n) is 15.4. The van der Waals surface area contributed by atoms with Crippen LogP contribution in [0.25, 0.3) is 0 Å². The molecule has 0 bridgehead atoms. The van der Waals surface area contributed by atoms with E-state index < -0.39 is 6.10 Å². The van der Waals surface area contributed by atoms with Crippen molar-refractivity contribution >= 4 is 17.9 Å². The first-order chi connectivity index (χ1) is 39.5. The molecule has 0 spiro atoms. The lowest BCUT2D eigenvalue weighted by atomic mass is 10.0. The fraction of sp³-hybridized carbons (Fsp3) is 0.797. The highest BCUT2D eigenvalue weighted by Gasteiger charge is 2.19. The molecule has 0 saturated heterocycles. The highest BCUT2D eigenvalue weighted by atomic mass is 16.6. The lowest BCUT2D eigenvalue weighted by Gasteiger charge is -2.18. The van der Waals surface area contributed by atoms with Crippen molar-refractivity contribution in [2.75, 3.05) is 13.2 Å². The minimum Gasteiger partial charge on any atom is -0.462 e. The minimum absolute atomic E-state index is 0.0780. The Morgan fingerprint density at radius 3 is 0.738 bits per heavy atom. The van der Waals surface area contributed by atoms with Crippen LogP contribution >= 0.6 is 0 Å². The van der Waals surface area contributed by atoms with Crippen LogP contribution in [-0.2, 0) is 28.6 Å². The molecule has 0 fully saturated rings. The van der Waals surface area contributed by atoms with Crippen molar-refractivity contribution in [2.45, 2.75) is 367 Å². The summed E-state index contributed by atoms with van der Waals surface area (Å²) in [6.45, 7) is 6.61. The maximum Gasteiger partial charge on any atom is 0.306 e. The standard InChI is InChI=1S/C74H132O6/c1-4-7-10-13-16-19-22-25-27-29-30-31-32-33-34-35-36-37-38-39-40-41-42-43-44-46-47-49-52-55-58-61-64-67-73(76)79-70-71(69-78-72(75)66-63-60-57-54-51-24-21-18-15-12-9-6-3)80-74(77)68-65-62-59-56-53-50-48-45-28-26-23-20-17-14-11-8-5-2/h17-18,20-22,25-26,28-30,32-33,71H,4-16,19,23-24,27,31,34-70H2,1-3H3/b20-17-,21-18-,25-22-,28-26-,30-29-,33-32-. The van der Waals surface area contributed by atoms with Crippen LogP contribution in [0.2, 0.25) is 0 Å². The van der Waals surface area contributed by atoms with Crippen molar-refractivity contribution in [3.8, 4) is 0 Å². The van der Waals surface area contributed by atoms with Gasteiger partial charge in [0.1, 0.15) is 13.2 Å². The molecule has 0 aliphatic heterocycles. The summed E-state index contributed by atoms with van der Waals surface area (Å²) in [5.41, 5.74) is 0. The SMILES string of the molecule is CCCCC/C=C\C/C=C\CCCCCCCCCC(=O)OC(COC(=O)CCCCCCC/C=C\CCCCC)COC(=O)CCCCCCCCCCCCCCCCCCCC/C=C\C/C=C\C/C=C\CCCCCCC. The molecule has 0 aromatic rings. The van der Waals surface area contributed by atoms with Gasteiger partial charge in [-0.05, 0) is 116 Å². The molecule has 0 aliphatic carbocycles.